The van der Waals surface area contributed by atoms with Crippen molar-refractivity contribution in [3.05, 3.63) is 0 Å². The Morgan fingerprint density at radius 2 is 2.64 bits per heavy atom. The molecule has 0 saturated carbocycles. The van der Waals surface area contributed by atoms with E-state index in [-0.39, 0.29) is 19.2 Å². The average molecular weight is 159 g/mol. The van der Waals surface area contributed by atoms with Gasteiger partial charge < -0.3 is 5.11 Å². The van der Waals surface area contributed by atoms with Gasteiger partial charge in [-0.2, -0.15) is 5.06 Å². The van der Waals surface area contributed by atoms with Crippen LogP contribution < -0.4 is 4.91 Å². The minimum atomic E-state index is -1.15. The maximum Gasteiger partial charge on any atom is 0.431 e. The molecule has 0 aromatic heterocycles. The second-order valence-electron chi connectivity index (χ2n) is 2.01. The number of rotatable bonds is 1. The van der Waals surface area contributed by atoms with Crippen molar-refractivity contribution in [3.8, 4) is 0 Å². The largest absolute Gasteiger partial charge is 0.463 e. The van der Waals surface area contributed by atoms with Crippen LogP contribution in [0.15, 0.2) is 5.11 Å². The summed E-state index contributed by atoms with van der Waals surface area (Å²) in [7, 11) is 0. The summed E-state index contributed by atoms with van der Waals surface area (Å²) in [5.41, 5.74) is 6.38. The van der Waals surface area contributed by atoms with Crippen molar-refractivity contribution in [2.75, 3.05) is 13.2 Å². The van der Waals surface area contributed by atoms with E-state index >= 15 is 0 Å². The summed E-state index contributed by atoms with van der Waals surface area (Å²) in [5, 5.41) is 12.6. The molecular formula is C4H7N4O3+. The first kappa shape index (κ1) is 7.64. The molecule has 0 unspecified atom stereocenters. The summed E-state index contributed by atoms with van der Waals surface area (Å²) in [6.45, 7) is 0.326. The fraction of sp³-hybridized carbons (Fsp3) is 0.750. The molecule has 0 radical (unpaired) electrons. The van der Waals surface area contributed by atoms with Gasteiger partial charge in [0.05, 0.1) is 6.54 Å². The molecular weight excluding hydrogens is 152 g/mol. The van der Waals surface area contributed by atoms with Crippen molar-refractivity contribution in [2.24, 2.45) is 5.11 Å². The Morgan fingerprint density at radius 1 is 1.91 bits per heavy atom. The molecule has 0 aromatic rings. The Hall–Kier alpha value is -1.46. The normalized spacial score (nSPS) is 22.9. The van der Waals surface area contributed by atoms with Crippen molar-refractivity contribution in [3.63, 3.8) is 0 Å². The van der Waals surface area contributed by atoms with E-state index in [0.29, 0.717) is 0 Å². The number of hydroxylamine groups is 2. The van der Waals surface area contributed by atoms with Gasteiger partial charge in [0.1, 0.15) is 17.3 Å². The Morgan fingerprint density at radius 3 is 3.09 bits per heavy atom. The minimum Gasteiger partial charge on any atom is -0.463 e. The van der Waals surface area contributed by atoms with Crippen LogP contribution in [0, 0.1) is 5.53 Å². The predicted molar refractivity (Wildman–Crippen MR) is 31.8 cm³/mol. The molecule has 1 amide bonds. The highest BCUT2D eigenvalue weighted by molar-refractivity contribution is 5.63. The Labute approximate surface area is 61.7 Å². The number of nitrogens with zero attached hydrogens (tertiary/aromatic N) is 3. The fourth-order valence-corrected chi connectivity index (χ4v) is 0.758. The van der Waals surface area contributed by atoms with Crippen molar-refractivity contribution >= 4 is 6.09 Å². The Kier molecular flexibility index (Phi) is 2.15. The Bertz CT molecular complexity index is 203. The number of hydrogen-bond donors (Lipinski definition) is 2. The quantitative estimate of drug-likeness (QED) is 0.410. The minimum absolute atomic E-state index is 0.151. The molecule has 1 rings (SSSR count). The van der Waals surface area contributed by atoms with E-state index in [4.69, 9.17) is 10.6 Å². The molecule has 1 atom stereocenters. The van der Waals surface area contributed by atoms with E-state index < -0.39 is 6.09 Å². The lowest BCUT2D eigenvalue weighted by Crippen LogP contribution is -2.26. The number of nitrogens with one attached hydrogen (secondary N) is 1. The second kappa shape index (κ2) is 3.09. The van der Waals surface area contributed by atoms with Crippen LogP contribution in [0.2, 0.25) is 0 Å². The number of carboxylic acid groups (broad SMARTS) is 1. The van der Waals surface area contributed by atoms with Crippen molar-refractivity contribution in [1.82, 2.24) is 9.97 Å². The van der Waals surface area contributed by atoms with Gasteiger partial charge in [0, 0.05) is 0 Å². The molecule has 1 aliphatic rings. The van der Waals surface area contributed by atoms with E-state index in [9.17, 15) is 4.79 Å². The zero-order valence-corrected chi connectivity index (χ0v) is 5.60. The van der Waals surface area contributed by atoms with Crippen LogP contribution >= 0.6 is 0 Å². The topological polar surface area (TPSA) is 100 Å². The lowest BCUT2D eigenvalue weighted by Gasteiger charge is -2.06. The SMILES string of the molecule is N=[N+]=N[C@H]1CON(C(=O)O)C1. The lowest BCUT2D eigenvalue weighted by molar-refractivity contribution is -0.0831. The predicted octanol–water partition coefficient (Wildman–Crippen LogP) is -0.169. The molecule has 60 valence electrons. The van der Waals surface area contributed by atoms with Crippen molar-refractivity contribution < 1.29 is 14.7 Å². The molecule has 11 heavy (non-hydrogen) atoms. The zero-order valence-electron chi connectivity index (χ0n) is 5.60. The van der Waals surface area contributed by atoms with Crippen LogP contribution in [0.1, 0.15) is 0 Å². The molecule has 1 heterocycles. The number of hydrogen-bond acceptors (Lipinski definition) is 4. The summed E-state index contributed by atoms with van der Waals surface area (Å²) in [6.07, 6.45) is -1.15. The first-order chi connectivity index (χ1) is 5.24. The third-order valence-corrected chi connectivity index (χ3v) is 1.23. The van der Waals surface area contributed by atoms with E-state index in [1.54, 1.807) is 0 Å². The van der Waals surface area contributed by atoms with Crippen LogP contribution in [-0.2, 0) is 4.84 Å². The summed E-state index contributed by atoms with van der Waals surface area (Å²) in [5.74, 6) is 0. The molecule has 1 aliphatic heterocycles. The van der Waals surface area contributed by atoms with Gasteiger partial charge in [0.15, 0.2) is 6.04 Å². The summed E-state index contributed by atoms with van der Waals surface area (Å²) < 4.78 is 0. The standard InChI is InChI=1S/C4H6N4O3/c5-7-6-3-1-8(4(9)10)11-2-3/h3,5H,1-2H2/p+1/t3-/m1/s1. The van der Waals surface area contributed by atoms with Gasteiger partial charge in [0.25, 0.3) is 0 Å². The van der Waals surface area contributed by atoms with Gasteiger partial charge in [-0.15, -0.1) is 0 Å². The smallest absolute Gasteiger partial charge is 0.431 e. The molecule has 1 saturated heterocycles. The van der Waals surface area contributed by atoms with E-state index in [0.717, 1.165) is 5.06 Å². The summed E-state index contributed by atoms with van der Waals surface area (Å²) in [4.78, 5) is 17.7. The molecule has 0 aliphatic carbocycles. The van der Waals surface area contributed by atoms with Crippen LogP contribution in [0.5, 0.6) is 0 Å². The second-order valence-corrected chi connectivity index (χ2v) is 2.01. The molecule has 0 aromatic carbocycles. The highest BCUT2D eigenvalue weighted by Crippen LogP contribution is 2.07. The highest BCUT2D eigenvalue weighted by atomic mass is 16.7. The third kappa shape index (κ3) is 1.73. The molecule has 0 bridgehead atoms. The van der Waals surface area contributed by atoms with Gasteiger partial charge in [-0.05, 0) is 0 Å². The van der Waals surface area contributed by atoms with Crippen LogP contribution in [0.25, 0.3) is 0 Å². The van der Waals surface area contributed by atoms with Crippen LogP contribution in [0.4, 0.5) is 4.79 Å². The molecule has 1 fully saturated rings. The maximum absolute atomic E-state index is 10.2. The van der Waals surface area contributed by atoms with Gasteiger partial charge in [-0.3, -0.25) is 4.84 Å². The molecule has 0 spiro atoms. The van der Waals surface area contributed by atoms with Gasteiger partial charge in [-0.1, -0.05) is 0 Å². The number of carbonyl (C=O) groups is 1. The van der Waals surface area contributed by atoms with E-state index in [1.165, 1.54) is 0 Å². The first-order valence-electron chi connectivity index (χ1n) is 2.94. The fourth-order valence-electron chi connectivity index (χ4n) is 0.758. The van der Waals surface area contributed by atoms with Crippen LogP contribution in [-0.4, -0.2) is 35.5 Å². The average Bonchev–Trinajstić information content (AvgIpc) is 2.37. The summed E-state index contributed by atoms with van der Waals surface area (Å²) in [6, 6.07) is -0.330. The third-order valence-electron chi connectivity index (χ3n) is 1.23. The lowest BCUT2D eigenvalue weighted by atomic mass is 10.3. The van der Waals surface area contributed by atoms with Gasteiger partial charge >= 0.3 is 6.09 Å². The highest BCUT2D eigenvalue weighted by Gasteiger charge is 2.30. The first-order valence-corrected chi connectivity index (χ1v) is 2.94. The number of amides is 1. The maximum atomic E-state index is 10.2. The van der Waals surface area contributed by atoms with E-state index in [2.05, 4.69) is 14.9 Å². The molecule has 7 nitrogen and oxygen atoms in total. The Balaban J connectivity index is 2.46. The van der Waals surface area contributed by atoms with Crippen molar-refractivity contribution in [2.45, 2.75) is 6.04 Å². The summed E-state index contributed by atoms with van der Waals surface area (Å²) >= 11 is 0. The monoisotopic (exact) mass is 159 g/mol. The van der Waals surface area contributed by atoms with Gasteiger partial charge in [-0.25, -0.2) is 4.79 Å². The van der Waals surface area contributed by atoms with Crippen molar-refractivity contribution in [1.29, 1.82) is 5.53 Å². The molecule has 7 heteroatoms. The van der Waals surface area contributed by atoms with Crippen LogP contribution in [0.3, 0.4) is 0 Å². The zero-order chi connectivity index (χ0) is 8.27. The van der Waals surface area contributed by atoms with E-state index in [1.807, 2.05) is 0 Å². The van der Waals surface area contributed by atoms with Gasteiger partial charge in [0.2, 0.25) is 4.91 Å². The molecule has 2 N–H and O–H groups in total.